The van der Waals surface area contributed by atoms with Crippen molar-refractivity contribution in [1.29, 1.82) is 5.26 Å². The Hall–Kier alpha value is -1.94. The van der Waals surface area contributed by atoms with Gasteiger partial charge in [-0.15, -0.1) is 0 Å². The third kappa shape index (κ3) is 4.34. The Bertz CT molecular complexity index is 469. The van der Waals surface area contributed by atoms with Gasteiger partial charge in [0.05, 0.1) is 25.0 Å². The molecule has 0 amide bonds. The fraction of sp³-hybridized carbons (Fsp3) is 0.417. The van der Waals surface area contributed by atoms with Crippen molar-refractivity contribution in [2.45, 2.75) is 6.18 Å². The maximum atomic E-state index is 12.5. The number of rotatable bonds is 5. The largest absolute Gasteiger partial charge is 0.497 e. The third-order valence-corrected chi connectivity index (χ3v) is 2.41. The van der Waals surface area contributed by atoms with Crippen LogP contribution in [0.5, 0.6) is 5.75 Å². The molecule has 1 aromatic rings. The summed E-state index contributed by atoms with van der Waals surface area (Å²) in [5.74, 6) is 0.346. The van der Waals surface area contributed by atoms with Crippen LogP contribution in [0.2, 0.25) is 0 Å². The van der Waals surface area contributed by atoms with Crippen molar-refractivity contribution >= 4 is 5.69 Å². The first kappa shape index (κ1) is 15.1. The van der Waals surface area contributed by atoms with Crippen LogP contribution >= 0.6 is 0 Å². The Kier molecular flexibility index (Phi) is 5.01. The molecule has 0 bridgehead atoms. The lowest BCUT2D eigenvalue weighted by Crippen LogP contribution is -2.36. The number of nitriles is 1. The van der Waals surface area contributed by atoms with Gasteiger partial charge >= 0.3 is 6.18 Å². The van der Waals surface area contributed by atoms with Gasteiger partial charge in [0, 0.05) is 12.6 Å². The van der Waals surface area contributed by atoms with Gasteiger partial charge in [-0.3, -0.25) is 0 Å². The number of hydrogen-bond acceptors (Lipinski definition) is 4. The highest BCUT2D eigenvalue weighted by atomic mass is 19.4. The maximum absolute atomic E-state index is 12.5. The van der Waals surface area contributed by atoms with Crippen LogP contribution in [0.4, 0.5) is 18.9 Å². The van der Waals surface area contributed by atoms with E-state index in [0.29, 0.717) is 5.75 Å². The highest BCUT2D eigenvalue weighted by Gasteiger charge is 2.31. The minimum absolute atomic E-state index is 0.0909. The lowest BCUT2D eigenvalue weighted by molar-refractivity contribution is -0.119. The van der Waals surface area contributed by atoms with E-state index < -0.39 is 19.3 Å². The third-order valence-electron chi connectivity index (χ3n) is 2.41. The van der Waals surface area contributed by atoms with Crippen LogP contribution in [0.15, 0.2) is 18.2 Å². The van der Waals surface area contributed by atoms with Crippen LogP contribution in [-0.2, 0) is 0 Å². The van der Waals surface area contributed by atoms with Crippen LogP contribution in [0.3, 0.4) is 0 Å². The molecule has 0 aliphatic heterocycles. The summed E-state index contributed by atoms with van der Waals surface area (Å²) in [5, 5.41) is 17.8. The summed E-state index contributed by atoms with van der Waals surface area (Å²) in [7, 11) is 1.38. The zero-order valence-corrected chi connectivity index (χ0v) is 10.2. The second-order valence-electron chi connectivity index (χ2n) is 3.76. The molecule has 0 atom stereocenters. The average Bonchev–Trinajstić information content (AvgIpc) is 2.36. The molecule has 0 unspecified atom stereocenters. The molecule has 0 fully saturated rings. The van der Waals surface area contributed by atoms with E-state index in [1.165, 1.54) is 25.3 Å². The van der Waals surface area contributed by atoms with Crippen molar-refractivity contribution in [2.24, 2.45) is 0 Å². The van der Waals surface area contributed by atoms with Gasteiger partial charge in [0.2, 0.25) is 0 Å². The highest BCUT2D eigenvalue weighted by molar-refractivity contribution is 5.62. The van der Waals surface area contributed by atoms with Crippen molar-refractivity contribution in [1.82, 2.24) is 0 Å². The van der Waals surface area contributed by atoms with Gasteiger partial charge in [-0.25, -0.2) is 0 Å². The minimum atomic E-state index is -4.43. The number of nitrogens with zero attached hydrogens (tertiary/aromatic N) is 2. The smallest absolute Gasteiger partial charge is 0.405 e. The number of aliphatic hydroxyl groups excluding tert-OH is 1. The van der Waals surface area contributed by atoms with Crippen LogP contribution < -0.4 is 9.64 Å². The van der Waals surface area contributed by atoms with Gasteiger partial charge in [0.25, 0.3) is 0 Å². The Morgan fingerprint density at radius 2 is 2.11 bits per heavy atom. The molecule has 0 aromatic heterocycles. The van der Waals surface area contributed by atoms with Crippen LogP contribution in [-0.4, -0.2) is 38.1 Å². The van der Waals surface area contributed by atoms with Gasteiger partial charge in [0.15, 0.2) is 0 Å². The van der Waals surface area contributed by atoms with E-state index in [1.54, 1.807) is 0 Å². The van der Waals surface area contributed by atoms with E-state index in [0.717, 1.165) is 4.90 Å². The van der Waals surface area contributed by atoms with E-state index in [4.69, 9.17) is 15.1 Å². The molecule has 7 heteroatoms. The lowest BCUT2D eigenvalue weighted by Gasteiger charge is -2.26. The van der Waals surface area contributed by atoms with Crippen molar-refractivity contribution in [3.63, 3.8) is 0 Å². The molecule has 0 heterocycles. The van der Waals surface area contributed by atoms with E-state index in [-0.39, 0.29) is 17.8 Å². The minimum Gasteiger partial charge on any atom is -0.497 e. The molecule has 0 radical (unpaired) electrons. The van der Waals surface area contributed by atoms with E-state index in [9.17, 15) is 13.2 Å². The Labute approximate surface area is 108 Å². The molecule has 1 aromatic carbocycles. The number of alkyl halides is 3. The average molecular weight is 274 g/mol. The number of ether oxygens (including phenoxy) is 1. The normalized spacial score (nSPS) is 10.9. The maximum Gasteiger partial charge on any atom is 0.405 e. The van der Waals surface area contributed by atoms with E-state index in [1.807, 2.05) is 6.07 Å². The number of aliphatic hydroxyl groups is 1. The van der Waals surface area contributed by atoms with Gasteiger partial charge < -0.3 is 14.7 Å². The molecule has 0 spiro atoms. The number of halogens is 3. The van der Waals surface area contributed by atoms with Crippen molar-refractivity contribution in [2.75, 3.05) is 31.7 Å². The number of anilines is 1. The topological polar surface area (TPSA) is 56.5 Å². The second kappa shape index (κ2) is 6.29. The molecule has 0 saturated carbocycles. The van der Waals surface area contributed by atoms with E-state index in [2.05, 4.69) is 0 Å². The molecular formula is C12H13F3N2O2. The lowest BCUT2D eigenvalue weighted by atomic mass is 10.1. The van der Waals surface area contributed by atoms with Gasteiger partial charge in [0.1, 0.15) is 18.4 Å². The summed E-state index contributed by atoms with van der Waals surface area (Å²) < 4.78 is 42.4. The first-order valence-corrected chi connectivity index (χ1v) is 5.42. The van der Waals surface area contributed by atoms with Crippen LogP contribution in [0.1, 0.15) is 5.56 Å². The zero-order chi connectivity index (χ0) is 14.5. The van der Waals surface area contributed by atoms with Crippen LogP contribution in [0, 0.1) is 11.3 Å². The molecule has 1 N–H and O–H groups in total. The quantitative estimate of drug-likeness (QED) is 0.891. The SMILES string of the molecule is COc1ccc(C#N)c(N(CCO)CC(F)(F)F)c1. The highest BCUT2D eigenvalue weighted by Crippen LogP contribution is 2.28. The Morgan fingerprint density at radius 3 is 2.58 bits per heavy atom. The standard InChI is InChI=1S/C12H13F3N2O2/c1-19-10-3-2-9(7-16)11(6-10)17(4-5-18)8-12(13,14)15/h2-3,6,18H,4-5,8H2,1H3. The molecule has 4 nitrogen and oxygen atoms in total. The fourth-order valence-electron chi connectivity index (χ4n) is 1.62. The van der Waals surface area contributed by atoms with Crippen LogP contribution in [0.25, 0.3) is 0 Å². The summed E-state index contributed by atoms with van der Waals surface area (Å²) in [5.41, 5.74) is 0.187. The first-order chi connectivity index (χ1) is 8.91. The first-order valence-electron chi connectivity index (χ1n) is 5.42. The fourth-order valence-corrected chi connectivity index (χ4v) is 1.62. The van der Waals surface area contributed by atoms with Gasteiger partial charge in [-0.1, -0.05) is 0 Å². The molecule has 1 rings (SSSR count). The molecule has 19 heavy (non-hydrogen) atoms. The molecular weight excluding hydrogens is 261 g/mol. The Balaban J connectivity index is 3.16. The predicted molar refractivity (Wildman–Crippen MR) is 63.1 cm³/mol. The molecule has 0 aliphatic carbocycles. The van der Waals surface area contributed by atoms with E-state index >= 15 is 0 Å². The molecule has 104 valence electrons. The van der Waals surface area contributed by atoms with Crippen molar-refractivity contribution in [3.05, 3.63) is 23.8 Å². The molecule has 0 aliphatic rings. The number of benzene rings is 1. The second-order valence-corrected chi connectivity index (χ2v) is 3.76. The number of methoxy groups -OCH3 is 1. The predicted octanol–water partition coefficient (Wildman–Crippen LogP) is 1.93. The van der Waals surface area contributed by atoms with Crippen molar-refractivity contribution < 1.29 is 23.0 Å². The summed E-state index contributed by atoms with van der Waals surface area (Å²) in [4.78, 5) is 0.904. The zero-order valence-electron chi connectivity index (χ0n) is 10.2. The van der Waals surface area contributed by atoms with Gasteiger partial charge in [-0.2, -0.15) is 18.4 Å². The Morgan fingerprint density at radius 1 is 1.42 bits per heavy atom. The summed E-state index contributed by atoms with van der Waals surface area (Å²) in [6.45, 7) is -1.91. The monoisotopic (exact) mass is 274 g/mol. The molecule has 0 saturated heterocycles. The number of hydrogen-bond donors (Lipinski definition) is 1. The van der Waals surface area contributed by atoms with Crippen molar-refractivity contribution in [3.8, 4) is 11.8 Å². The van der Waals surface area contributed by atoms with Gasteiger partial charge in [-0.05, 0) is 12.1 Å². The summed E-state index contributed by atoms with van der Waals surface area (Å²) in [6, 6.07) is 6.05. The summed E-state index contributed by atoms with van der Waals surface area (Å²) in [6.07, 6.45) is -4.43. The summed E-state index contributed by atoms with van der Waals surface area (Å²) >= 11 is 0.